The third kappa shape index (κ3) is 3.72. The van der Waals surface area contributed by atoms with E-state index in [1.807, 2.05) is 18.2 Å². The van der Waals surface area contributed by atoms with E-state index < -0.39 is 0 Å². The van der Waals surface area contributed by atoms with Crippen molar-refractivity contribution in [2.24, 2.45) is 17.8 Å². The van der Waals surface area contributed by atoms with Crippen LogP contribution in [-0.2, 0) is 9.53 Å². The second kappa shape index (κ2) is 6.49. The van der Waals surface area contributed by atoms with Gasteiger partial charge in [0.1, 0.15) is 5.75 Å². The minimum absolute atomic E-state index is 0.118. The van der Waals surface area contributed by atoms with E-state index in [0.717, 1.165) is 18.8 Å². The van der Waals surface area contributed by atoms with E-state index in [1.54, 1.807) is 0 Å². The second-order valence-electron chi connectivity index (χ2n) is 9.89. The molecule has 5 nitrogen and oxygen atoms in total. The number of amides is 1. The van der Waals surface area contributed by atoms with Gasteiger partial charge in [-0.05, 0) is 52.5 Å². The number of carbonyl (C=O) groups excluding carboxylic acids is 1. The average molecular weight is 373 g/mol. The summed E-state index contributed by atoms with van der Waals surface area (Å²) in [5.41, 5.74) is 0.757. The molecule has 1 N–H and O–H groups in total. The van der Waals surface area contributed by atoms with Crippen LogP contribution in [0, 0.1) is 17.8 Å². The molecule has 148 valence electrons. The van der Waals surface area contributed by atoms with E-state index >= 15 is 0 Å². The van der Waals surface area contributed by atoms with Crippen LogP contribution in [0.25, 0.3) is 0 Å². The molecule has 2 unspecified atom stereocenters. The molecule has 2 fully saturated rings. The zero-order valence-corrected chi connectivity index (χ0v) is 17.1. The molecule has 0 spiro atoms. The van der Waals surface area contributed by atoms with Crippen LogP contribution >= 0.6 is 0 Å². The van der Waals surface area contributed by atoms with Gasteiger partial charge in [0.05, 0.1) is 18.9 Å². The number of likely N-dealkylation sites (tertiary alicyclic amines) is 1. The lowest BCUT2D eigenvalue weighted by molar-refractivity contribution is -0.125. The molecule has 2 aliphatic heterocycles. The van der Waals surface area contributed by atoms with Crippen LogP contribution in [0.4, 0.5) is 0 Å². The first-order chi connectivity index (χ1) is 12.7. The highest BCUT2D eigenvalue weighted by molar-refractivity contribution is 5.83. The van der Waals surface area contributed by atoms with Crippen molar-refractivity contribution in [3.63, 3.8) is 0 Å². The molecular formula is C22H32N2O3. The van der Waals surface area contributed by atoms with Crippen molar-refractivity contribution in [2.75, 3.05) is 26.4 Å². The fraction of sp³-hybridized carbons (Fsp3) is 0.682. The third-order valence-electron chi connectivity index (χ3n) is 6.27. The van der Waals surface area contributed by atoms with Gasteiger partial charge in [-0.25, -0.2) is 0 Å². The van der Waals surface area contributed by atoms with Crippen molar-refractivity contribution < 1.29 is 14.3 Å². The summed E-state index contributed by atoms with van der Waals surface area (Å²) in [5.74, 6) is 2.46. The molecule has 1 aromatic carbocycles. The Morgan fingerprint density at radius 2 is 1.85 bits per heavy atom. The number of rotatable bonds is 5. The summed E-state index contributed by atoms with van der Waals surface area (Å²) in [6, 6.07) is 8.15. The summed E-state index contributed by atoms with van der Waals surface area (Å²) in [4.78, 5) is 15.3. The van der Waals surface area contributed by atoms with E-state index in [9.17, 15) is 4.79 Å². The van der Waals surface area contributed by atoms with Gasteiger partial charge in [0.15, 0.2) is 0 Å². The molecule has 27 heavy (non-hydrogen) atoms. The highest BCUT2D eigenvalue weighted by Gasteiger charge is 2.60. The van der Waals surface area contributed by atoms with Crippen LogP contribution in [0.1, 0.15) is 46.1 Å². The lowest BCUT2D eigenvalue weighted by Crippen LogP contribution is -2.50. The van der Waals surface area contributed by atoms with Gasteiger partial charge in [-0.2, -0.15) is 0 Å². The third-order valence-corrected chi connectivity index (χ3v) is 6.27. The van der Waals surface area contributed by atoms with Crippen LogP contribution in [-0.4, -0.2) is 48.4 Å². The maximum Gasteiger partial charge on any atom is 0.224 e. The van der Waals surface area contributed by atoms with Crippen LogP contribution < -0.4 is 10.1 Å². The Kier molecular flexibility index (Phi) is 4.51. The van der Waals surface area contributed by atoms with E-state index in [-0.39, 0.29) is 28.9 Å². The molecule has 2 heterocycles. The minimum atomic E-state index is -0.324. The number of benzene rings is 1. The van der Waals surface area contributed by atoms with Gasteiger partial charge in [-0.15, -0.1) is 0 Å². The summed E-state index contributed by atoms with van der Waals surface area (Å²) in [7, 11) is 0. The van der Waals surface area contributed by atoms with Crippen molar-refractivity contribution in [3.8, 4) is 5.75 Å². The Balaban J connectivity index is 1.31. The Hall–Kier alpha value is -1.59. The van der Waals surface area contributed by atoms with Gasteiger partial charge in [-0.3, -0.25) is 9.69 Å². The number of para-hydroxylation sites is 1. The van der Waals surface area contributed by atoms with Gasteiger partial charge in [0, 0.05) is 36.0 Å². The molecular weight excluding hydrogens is 340 g/mol. The number of carbonyl (C=O) groups is 1. The van der Waals surface area contributed by atoms with E-state index in [4.69, 9.17) is 9.47 Å². The molecule has 5 heteroatoms. The van der Waals surface area contributed by atoms with Crippen molar-refractivity contribution >= 4 is 5.91 Å². The van der Waals surface area contributed by atoms with Crippen molar-refractivity contribution in [2.45, 2.75) is 51.7 Å². The molecule has 0 aromatic heterocycles. The monoisotopic (exact) mass is 372 g/mol. The molecule has 0 radical (unpaired) electrons. The fourth-order valence-electron chi connectivity index (χ4n) is 4.64. The lowest BCUT2D eigenvalue weighted by Gasteiger charge is -2.33. The van der Waals surface area contributed by atoms with E-state index in [1.165, 1.54) is 5.56 Å². The van der Waals surface area contributed by atoms with Crippen LogP contribution in [0.3, 0.4) is 0 Å². The molecule has 1 saturated heterocycles. The molecule has 3 aliphatic rings. The Morgan fingerprint density at radius 3 is 2.52 bits per heavy atom. The minimum Gasteiger partial charge on any atom is -0.493 e. The molecule has 1 saturated carbocycles. The summed E-state index contributed by atoms with van der Waals surface area (Å²) in [5, 5.41) is 3.33. The second-order valence-corrected chi connectivity index (χ2v) is 9.89. The summed E-state index contributed by atoms with van der Waals surface area (Å²) >= 11 is 0. The first kappa shape index (κ1) is 18.8. The molecule has 1 aliphatic carbocycles. The lowest BCUT2D eigenvalue weighted by atomic mass is 9.83. The number of fused-ring (bicyclic) bond motifs is 2. The van der Waals surface area contributed by atoms with Crippen molar-refractivity contribution in [1.29, 1.82) is 0 Å². The maximum absolute atomic E-state index is 12.9. The van der Waals surface area contributed by atoms with Crippen molar-refractivity contribution in [3.05, 3.63) is 29.8 Å². The number of ether oxygens (including phenoxy) is 2. The summed E-state index contributed by atoms with van der Waals surface area (Å²) in [6.45, 7) is 13.7. The number of hydrogen-bond acceptors (Lipinski definition) is 4. The smallest absolute Gasteiger partial charge is 0.224 e. The number of hydrogen-bond donors (Lipinski definition) is 1. The van der Waals surface area contributed by atoms with E-state index in [2.05, 4.69) is 50.9 Å². The first-order valence-electron chi connectivity index (χ1n) is 10.1. The molecule has 1 aromatic rings. The zero-order chi connectivity index (χ0) is 19.4. The molecule has 4 atom stereocenters. The van der Waals surface area contributed by atoms with Gasteiger partial charge in [-0.1, -0.05) is 18.2 Å². The van der Waals surface area contributed by atoms with E-state index in [0.29, 0.717) is 25.2 Å². The SMILES string of the molecule is CC(C)(C)OCN1C[C@@H]2C(C(=O)NC(C)(C)C3COc4ccccc43)[C@@H]2C1. The number of nitrogens with zero attached hydrogens (tertiary/aromatic N) is 1. The standard InChI is InChI=1S/C22H32N2O3/c1-21(2,3)27-13-24-10-15-16(11-24)19(15)20(25)23-22(4,5)17-12-26-18-9-7-6-8-14(17)18/h6-9,15-17,19H,10-13H2,1-5H3,(H,23,25)/t15-,16+,17?,19?. The summed E-state index contributed by atoms with van der Waals surface area (Å²) in [6.07, 6.45) is 0. The predicted molar refractivity (Wildman–Crippen MR) is 105 cm³/mol. The Labute approximate surface area is 162 Å². The number of piperidine rings is 1. The maximum atomic E-state index is 12.9. The predicted octanol–water partition coefficient (Wildman–Crippen LogP) is 3.01. The Bertz CT molecular complexity index is 713. The normalized spacial score (nSPS) is 29.8. The largest absolute Gasteiger partial charge is 0.493 e. The van der Waals surface area contributed by atoms with Crippen LogP contribution in [0.15, 0.2) is 24.3 Å². The van der Waals surface area contributed by atoms with Gasteiger partial charge in [0.2, 0.25) is 5.91 Å². The van der Waals surface area contributed by atoms with Gasteiger partial charge < -0.3 is 14.8 Å². The Morgan fingerprint density at radius 1 is 1.19 bits per heavy atom. The van der Waals surface area contributed by atoms with Gasteiger partial charge >= 0.3 is 0 Å². The van der Waals surface area contributed by atoms with Crippen molar-refractivity contribution in [1.82, 2.24) is 10.2 Å². The van der Waals surface area contributed by atoms with Crippen LogP contribution in [0.5, 0.6) is 5.75 Å². The topological polar surface area (TPSA) is 50.8 Å². The fourth-order valence-corrected chi connectivity index (χ4v) is 4.64. The quantitative estimate of drug-likeness (QED) is 0.863. The first-order valence-corrected chi connectivity index (χ1v) is 10.1. The highest BCUT2D eigenvalue weighted by atomic mass is 16.5. The zero-order valence-electron chi connectivity index (χ0n) is 17.1. The molecule has 4 rings (SSSR count). The molecule has 1 amide bonds. The average Bonchev–Trinajstić information content (AvgIpc) is 2.95. The highest BCUT2D eigenvalue weighted by Crippen LogP contribution is 2.52. The van der Waals surface area contributed by atoms with Gasteiger partial charge in [0.25, 0.3) is 0 Å². The number of nitrogens with one attached hydrogen (secondary N) is 1. The summed E-state index contributed by atoms with van der Waals surface area (Å²) < 4.78 is 11.7. The van der Waals surface area contributed by atoms with Crippen LogP contribution in [0.2, 0.25) is 0 Å². The molecule has 0 bridgehead atoms.